The molecule has 0 aromatic heterocycles. The third-order valence-corrected chi connectivity index (χ3v) is 3.42. The Kier molecular flexibility index (Phi) is 5.53. The van der Waals surface area contributed by atoms with Crippen molar-refractivity contribution in [3.05, 3.63) is 47.2 Å². The smallest absolute Gasteiger partial charge is 0.129 e. The van der Waals surface area contributed by atoms with Crippen molar-refractivity contribution in [3.63, 3.8) is 0 Å². The van der Waals surface area contributed by atoms with Gasteiger partial charge in [0.15, 0.2) is 0 Å². The SMILES string of the molecule is CCCNC(Cc1c(F)cccc1F)C1=CCCCO1. The third kappa shape index (κ3) is 3.79. The van der Waals surface area contributed by atoms with Crippen LogP contribution in [0.1, 0.15) is 31.7 Å². The Bertz CT molecular complexity index is 453. The van der Waals surface area contributed by atoms with Crippen LogP contribution in [-0.4, -0.2) is 19.2 Å². The van der Waals surface area contributed by atoms with E-state index in [1.54, 1.807) is 0 Å². The Hall–Kier alpha value is -1.42. The molecule has 1 atom stereocenters. The number of hydrogen-bond acceptors (Lipinski definition) is 2. The summed E-state index contributed by atoms with van der Waals surface area (Å²) in [7, 11) is 0. The Labute approximate surface area is 118 Å². The second kappa shape index (κ2) is 7.39. The van der Waals surface area contributed by atoms with Gasteiger partial charge >= 0.3 is 0 Å². The molecule has 0 spiro atoms. The average Bonchev–Trinajstić information content (AvgIpc) is 2.47. The minimum absolute atomic E-state index is 0.121. The van der Waals surface area contributed by atoms with E-state index in [4.69, 9.17) is 4.74 Å². The Balaban J connectivity index is 2.16. The topological polar surface area (TPSA) is 21.3 Å². The minimum Gasteiger partial charge on any atom is -0.497 e. The van der Waals surface area contributed by atoms with Gasteiger partial charge in [-0.15, -0.1) is 0 Å². The van der Waals surface area contributed by atoms with Gasteiger partial charge in [0, 0.05) is 12.0 Å². The summed E-state index contributed by atoms with van der Waals surface area (Å²) >= 11 is 0. The summed E-state index contributed by atoms with van der Waals surface area (Å²) in [6.45, 7) is 3.53. The molecule has 1 aliphatic heterocycles. The van der Waals surface area contributed by atoms with Crippen LogP contribution in [0.4, 0.5) is 8.78 Å². The molecule has 0 fully saturated rings. The largest absolute Gasteiger partial charge is 0.497 e. The van der Waals surface area contributed by atoms with E-state index in [1.807, 2.05) is 6.08 Å². The monoisotopic (exact) mass is 281 g/mol. The van der Waals surface area contributed by atoms with Gasteiger partial charge in [0.1, 0.15) is 17.4 Å². The van der Waals surface area contributed by atoms with Gasteiger partial charge in [0.05, 0.1) is 12.6 Å². The van der Waals surface area contributed by atoms with Crippen molar-refractivity contribution >= 4 is 0 Å². The standard InChI is InChI=1S/C16H21F2NO/c1-2-9-19-15(16-8-3-4-10-20-16)11-12-13(17)6-5-7-14(12)18/h5-8,15,19H,2-4,9-11H2,1H3. The van der Waals surface area contributed by atoms with E-state index in [0.29, 0.717) is 6.61 Å². The molecule has 1 unspecified atom stereocenters. The van der Waals surface area contributed by atoms with Gasteiger partial charge in [-0.2, -0.15) is 0 Å². The van der Waals surface area contributed by atoms with Crippen molar-refractivity contribution in [2.24, 2.45) is 0 Å². The van der Waals surface area contributed by atoms with E-state index in [0.717, 1.165) is 31.6 Å². The first kappa shape index (κ1) is 15.0. The van der Waals surface area contributed by atoms with Gasteiger partial charge in [-0.1, -0.05) is 13.0 Å². The summed E-state index contributed by atoms with van der Waals surface area (Å²) in [5.74, 6) is -0.179. The first-order valence-corrected chi connectivity index (χ1v) is 7.21. The maximum Gasteiger partial charge on any atom is 0.129 e. The maximum absolute atomic E-state index is 13.8. The third-order valence-electron chi connectivity index (χ3n) is 3.42. The fourth-order valence-corrected chi connectivity index (χ4v) is 2.34. The fraction of sp³-hybridized carbons (Fsp3) is 0.500. The lowest BCUT2D eigenvalue weighted by molar-refractivity contribution is 0.166. The summed E-state index contributed by atoms with van der Waals surface area (Å²) in [6, 6.07) is 3.82. The summed E-state index contributed by atoms with van der Waals surface area (Å²) in [6.07, 6.45) is 5.21. The molecule has 0 bridgehead atoms. The van der Waals surface area contributed by atoms with Gasteiger partial charge in [-0.25, -0.2) is 8.78 Å². The molecular formula is C16H21F2NO. The van der Waals surface area contributed by atoms with Crippen LogP contribution in [0, 0.1) is 11.6 Å². The molecule has 110 valence electrons. The number of nitrogens with one attached hydrogen (secondary N) is 1. The highest BCUT2D eigenvalue weighted by molar-refractivity contribution is 5.23. The van der Waals surface area contributed by atoms with Crippen LogP contribution in [0.25, 0.3) is 0 Å². The van der Waals surface area contributed by atoms with Crippen molar-refractivity contribution in [3.8, 4) is 0 Å². The lowest BCUT2D eigenvalue weighted by Gasteiger charge is -2.25. The maximum atomic E-state index is 13.8. The first-order chi connectivity index (χ1) is 9.72. The molecule has 1 N–H and O–H groups in total. The second-order valence-electron chi connectivity index (χ2n) is 5.01. The Morgan fingerprint density at radius 3 is 2.65 bits per heavy atom. The molecule has 2 nitrogen and oxygen atoms in total. The lowest BCUT2D eigenvalue weighted by atomic mass is 10.0. The van der Waals surface area contributed by atoms with Crippen molar-refractivity contribution < 1.29 is 13.5 Å². The summed E-state index contributed by atoms with van der Waals surface area (Å²) in [4.78, 5) is 0. The summed E-state index contributed by atoms with van der Waals surface area (Å²) in [5, 5.41) is 3.32. The minimum atomic E-state index is -0.496. The Morgan fingerprint density at radius 2 is 2.05 bits per heavy atom. The van der Waals surface area contributed by atoms with Gasteiger partial charge in [0.2, 0.25) is 0 Å². The molecule has 0 saturated carbocycles. The van der Waals surface area contributed by atoms with Gasteiger partial charge in [-0.05, 0) is 44.0 Å². The van der Waals surface area contributed by atoms with Crippen LogP contribution in [-0.2, 0) is 11.2 Å². The van der Waals surface area contributed by atoms with Crippen molar-refractivity contribution in [1.29, 1.82) is 0 Å². The molecule has 0 amide bonds. The number of hydrogen-bond donors (Lipinski definition) is 1. The fourth-order valence-electron chi connectivity index (χ4n) is 2.34. The van der Waals surface area contributed by atoms with E-state index in [-0.39, 0.29) is 18.0 Å². The van der Waals surface area contributed by atoms with Crippen LogP contribution in [0.3, 0.4) is 0 Å². The molecule has 2 rings (SSSR count). The van der Waals surface area contributed by atoms with Gasteiger partial charge < -0.3 is 10.1 Å². The summed E-state index contributed by atoms with van der Waals surface area (Å²) < 4.78 is 33.2. The van der Waals surface area contributed by atoms with Crippen LogP contribution in [0.2, 0.25) is 0 Å². The molecule has 20 heavy (non-hydrogen) atoms. The molecule has 4 heteroatoms. The molecular weight excluding hydrogens is 260 g/mol. The molecule has 1 heterocycles. The highest BCUT2D eigenvalue weighted by atomic mass is 19.1. The lowest BCUT2D eigenvalue weighted by Crippen LogP contribution is -2.36. The van der Waals surface area contributed by atoms with E-state index >= 15 is 0 Å². The predicted octanol–water partition coefficient (Wildman–Crippen LogP) is 3.57. The zero-order valence-electron chi connectivity index (χ0n) is 11.8. The zero-order chi connectivity index (χ0) is 14.4. The van der Waals surface area contributed by atoms with Gasteiger partial charge in [0.25, 0.3) is 0 Å². The average molecular weight is 281 g/mol. The van der Waals surface area contributed by atoms with Crippen molar-refractivity contribution in [2.75, 3.05) is 13.2 Å². The quantitative estimate of drug-likeness (QED) is 0.860. The predicted molar refractivity (Wildman–Crippen MR) is 75.4 cm³/mol. The van der Waals surface area contributed by atoms with Crippen LogP contribution in [0.15, 0.2) is 30.0 Å². The molecule has 1 aromatic carbocycles. The second-order valence-corrected chi connectivity index (χ2v) is 5.01. The summed E-state index contributed by atoms with van der Waals surface area (Å²) in [5.41, 5.74) is 0.121. The molecule has 1 aliphatic rings. The van der Waals surface area contributed by atoms with E-state index in [2.05, 4.69) is 12.2 Å². The van der Waals surface area contributed by atoms with E-state index < -0.39 is 11.6 Å². The van der Waals surface area contributed by atoms with Crippen LogP contribution < -0.4 is 5.32 Å². The number of ether oxygens (including phenoxy) is 1. The first-order valence-electron chi connectivity index (χ1n) is 7.21. The van der Waals surface area contributed by atoms with E-state index in [1.165, 1.54) is 18.2 Å². The van der Waals surface area contributed by atoms with Crippen molar-refractivity contribution in [2.45, 2.75) is 38.6 Å². The van der Waals surface area contributed by atoms with Crippen LogP contribution in [0.5, 0.6) is 0 Å². The highest BCUT2D eigenvalue weighted by Gasteiger charge is 2.21. The molecule has 0 saturated heterocycles. The molecule has 0 aliphatic carbocycles. The molecule has 0 radical (unpaired) electrons. The number of allylic oxidation sites excluding steroid dienone is 1. The number of halogens is 2. The number of benzene rings is 1. The van der Waals surface area contributed by atoms with Crippen molar-refractivity contribution in [1.82, 2.24) is 5.32 Å². The van der Waals surface area contributed by atoms with Gasteiger partial charge in [-0.3, -0.25) is 0 Å². The normalized spacial score (nSPS) is 16.4. The Morgan fingerprint density at radius 1 is 1.30 bits per heavy atom. The highest BCUT2D eigenvalue weighted by Crippen LogP contribution is 2.20. The zero-order valence-corrected chi connectivity index (χ0v) is 11.8. The van der Waals surface area contributed by atoms with E-state index in [9.17, 15) is 8.78 Å². The molecule has 1 aromatic rings. The van der Waals surface area contributed by atoms with Crippen LogP contribution >= 0.6 is 0 Å². The number of rotatable bonds is 6.